The Kier molecular flexibility index (Phi) is 6.16. The molecule has 0 spiro atoms. The van der Waals surface area contributed by atoms with Crippen molar-refractivity contribution in [3.8, 4) is 0 Å². The number of aliphatic hydroxyl groups excluding tert-OH is 2. The number of Topliss-reactive ketones (excluding diaryl/α,β-unsaturated/α-hetero) is 1. The van der Waals surface area contributed by atoms with Crippen molar-refractivity contribution < 1.29 is 28.9 Å². The quantitative estimate of drug-likeness (QED) is 0.415. The van der Waals surface area contributed by atoms with Crippen LogP contribution in [-0.2, 0) is 27.2 Å². The fourth-order valence-corrected chi connectivity index (χ4v) is 9.70. The van der Waals surface area contributed by atoms with E-state index in [2.05, 4.69) is 20.4 Å². The van der Waals surface area contributed by atoms with E-state index in [4.69, 9.17) is 9.47 Å². The molecule has 1 aliphatic heterocycles. The molecule has 0 radical (unpaired) electrons. The molecular weight excluding hydrogens is 506 g/mol. The van der Waals surface area contributed by atoms with E-state index in [1.807, 2.05) is 24.7 Å². The van der Waals surface area contributed by atoms with Crippen LogP contribution in [0.4, 0.5) is 4.39 Å². The largest absolute Gasteiger partial charge is 0.390 e. The lowest BCUT2D eigenvalue weighted by Gasteiger charge is -2.63. The third kappa shape index (κ3) is 3.24. The maximum absolute atomic E-state index is 17.9. The molecule has 2 heterocycles. The number of fused-ring (bicyclic) bond motifs is 8. The van der Waals surface area contributed by atoms with Crippen LogP contribution in [0.25, 0.3) is 6.08 Å². The van der Waals surface area contributed by atoms with Gasteiger partial charge >= 0.3 is 0 Å². The molecule has 7 nitrogen and oxygen atoms in total. The maximum Gasteiger partial charge on any atom is 0.193 e. The van der Waals surface area contributed by atoms with E-state index in [0.717, 1.165) is 48.8 Å². The molecule has 6 rings (SSSR count). The van der Waals surface area contributed by atoms with Crippen LogP contribution in [0.15, 0.2) is 11.8 Å². The second kappa shape index (κ2) is 8.66. The summed E-state index contributed by atoms with van der Waals surface area (Å²) < 4.78 is 32.6. The number of hydrogen-bond donors (Lipinski definition) is 2. The molecule has 0 bridgehead atoms. The minimum Gasteiger partial charge on any atom is -0.390 e. The second-order valence-corrected chi connectivity index (χ2v) is 13.8. The fourth-order valence-electron chi connectivity index (χ4n) is 9.41. The predicted molar refractivity (Wildman–Crippen MR) is 144 cm³/mol. The molecule has 1 unspecified atom stereocenters. The Bertz CT molecular complexity index is 1190. The molecule has 0 aromatic carbocycles. The van der Waals surface area contributed by atoms with Crippen molar-refractivity contribution in [1.82, 2.24) is 9.78 Å². The highest BCUT2D eigenvalue weighted by Gasteiger charge is 2.80. The molecule has 2 N–H and O–H groups in total. The van der Waals surface area contributed by atoms with E-state index >= 15 is 4.39 Å². The number of alkyl halides is 1. The number of allylic oxidation sites excluding steroid dienone is 1. The third-order valence-electron chi connectivity index (χ3n) is 11.0. The lowest BCUT2D eigenvalue weighted by atomic mass is 9.43. The number of aromatic nitrogens is 2. The highest BCUT2D eigenvalue weighted by Crippen LogP contribution is 2.72. The summed E-state index contributed by atoms with van der Waals surface area (Å²) in [6, 6.07) is 0. The lowest BCUT2D eigenvalue weighted by molar-refractivity contribution is -0.250. The summed E-state index contributed by atoms with van der Waals surface area (Å²) >= 11 is 0. The van der Waals surface area contributed by atoms with Gasteiger partial charge in [0.25, 0.3) is 0 Å². The molecule has 1 saturated heterocycles. The summed E-state index contributed by atoms with van der Waals surface area (Å²) in [4.78, 5) is 13.4. The van der Waals surface area contributed by atoms with Crippen LogP contribution in [0.1, 0.15) is 77.5 Å². The predicted octanol–water partition coefficient (Wildman–Crippen LogP) is 3.85. The highest BCUT2D eigenvalue weighted by molar-refractivity contribution is 7.16. The van der Waals surface area contributed by atoms with Crippen molar-refractivity contribution in [3.63, 3.8) is 0 Å². The number of nitrogens with zero attached hydrogens (tertiary/aromatic N) is 2. The van der Waals surface area contributed by atoms with E-state index in [0.29, 0.717) is 19.3 Å². The second-order valence-electron chi connectivity index (χ2n) is 13.3. The zero-order valence-electron chi connectivity index (χ0n) is 23.0. The lowest BCUT2D eigenvalue weighted by Crippen LogP contribution is -2.70. The van der Waals surface area contributed by atoms with Crippen molar-refractivity contribution in [2.45, 2.75) is 108 Å². The van der Waals surface area contributed by atoms with E-state index in [1.165, 1.54) is 0 Å². The summed E-state index contributed by atoms with van der Waals surface area (Å²) in [6.07, 6.45) is 7.75. The standard InChI is InChI=1S/C29H42FN2O5P/c1-25(2)36-24-12-20-19-8-7-18-11-21-17(15-31-32(21)9-5-6-10-38)13-26(18,3)28(19,30)22(34)14-27(20,4)29(24,37-25)23(35)16-33/h11,15,19-20,22,24,33-34H,5-10,12-14,16,38H2,1-4H3/t19-,20-,22-,24+,26-,27-,28-,29+/m0/s1. The van der Waals surface area contributed by atoms with Crippen molar-refractivity contribution in [1.29, 1.82) is 0 Å². The van der Waals surface area contributed by atoms with E-state index in [1.54, 1.807) is 13.8 Å². The first-order chi connectivity index (χ1) is 17.9. The molecule has 38 heavy (non-hydrogen) atoms. The first-order valence-electron chi connectivity index (χ1n) is 14.2. The van der Waals surface area contributed by atoms with Gasteiger partial charge in [-0.15, -0.1) is 9.24 Å². The Morgan fingerprint density at radius 1 is 1.26 bits per heavy atom. The molecule has 1 aromatic heterocycles. The summed E-state index contributed by atoms with van der Waals surface area (Å²) in [5, 5.41) is 26.4. The van der Waals surface area contributed by atoms with E-state index in [-0.39, 0.29) is 12.3 Å². The van der Waals surface area contributed by atoms with Crippen molar-refractivity contribution in [2.24, 2.45) is 22.7 Å². The summed E-state index contributed by atoms with van der Waals surface area (Å²) in [7, 11) is 2.76. The smallest absolute Gasteiger partial charge is 0.193 e. The summed E-state index contributed by atoms with van der Waals surface area (Å²) in [5.74, 6) is -2.11. The molecule has 0 amide bonds. The van der Waals surface area contributed by atoms with E-state index < -0.39 is 58.4 Å². The van der Waals surface area contributed by atoms with Gasteiger partial charge in [0.1, 0.15) is 12.3 Å². The molecule has 210 valence electrons. The van der Waals surface area contributed by atoms with Gasteiger partial charge in [0, 0.05) is 23.3 Å². The van der Waals surface area contributed by atoms with Gasteiger partial charge in [-0.2, -0.15) is 5.10 Å². The third-order valence-corrected chi connectivity index (χ3v) is 11.4. The minimum absolute atomic E-state index is 0.0797. The van der Waals surface area contributed by atoms with Gasteiger partial charge in [-0.1, -0.05) is 19.4 Å². The van der Waals surface area contributed by atoms with Crippen LogP contribution in [-0.4, -0.2) is 67.8 Å². The Hall–Kier alpha value is -1.18. The number of carbonyl (C=O) groups excluding carboxylic acids is 1. The molecule has 9 heteroatoms. The average molecular weight is 549 g/mol. The number of unbranched alkanes of at least 4 members (excludes halogenated alkanes) is 1. The van der Waals surface area contributed by atoms with Gasteiger partial charge < -0.3 is 19.7 Å². The molecular formula is C29H42FN2O5P. The number of aliphatic hydroxyl groups is 2. The average Bonchev–Trinajstić information content (AvgIpc) is 3.44. The van der Waals surface area contributed by atoms with Crippen LogP contribution < -0.4 is 0 Å². The maximum atomic E-state index is 17.9. The van der Waals surface area contributed by atoms with Crippen molar-refractivity contribution in [2.75, 3.05) is 12.8 Å². The number of carbonyl (C=O) groups is 1. The Morgan fingerprint density at radius 3 is 2.74 bits per heavy atom. The fraction of sp³-hybridized carbons (Fsp3) is 0.793. The molecule has 4 fully saturated rings. The van der Waals surface area contributed by atoms with Crippen molar-refractivity contribution >= 4 is 21.1 Å². The van der Waals surface area contributed by atoms with Gasteiger partial charge in [0.05, 0.1) is 24.1 Å². The van der Waals surface area contributed by atoms with Crippen molar-refractivity contribution in [3.05, 3.63) is 23.0 Å². The van der Waals surface area contributed by atoms with Gasteiger partial charge in [-0.3, -0.25) is 9.48 Å². The number of rotatable bonds is 6. The zero-order valence-corrected chi connectivity index (χ0v) is 24.2. The van der Waals surface area contributed by atoms with E-state index in [9.17, 15) is 15.0 Å². The van der Waals surface area contributed by atoms with Crippen LogP contribution >= 0.6 is 9.24 Å². The summed E-state index contributed by atoms with van der Waals surface area (Å²) in [6.45, 7) is 7.64. The Labute approximate surface area is 226 Å². The van der Waals surface area contributed by atoms with Gasteiger partial charge in [0.15, 0.2) is 17.2 Å². The minimum atomic E-state index is -1.86. The first kappa shape index (κ1) is 27.0. The number of ketones is 1. The monoisotopic (exact) mass is 548 g/mol. The number of halogens is 1. The zero-order chi connectivity index (χ0) is 27.3. The first-order valence-corrected chi connectivity index (χ1v) is 15.0. The molecule has 3 saturated carbocycles. The topological polar surface area (TPSA) is 93.8 Å². The van der Waals surface area contributed by atoms with Crippen LogP contribution in [0.5, 0.6) is 0 Å². The molecule has 5 aliphatic rings. The molecule has 9 atom stereocenters. The Balaban J connectivity index is 1.38. The highest BCUT2D eigenvalue weighted by atomic mass is 31.0. The number of hydrogen-bond acceptors (Lipinski definition) is 6. The van der Waals surface area contributed by atoms with Gasteiger partial charge in [-0.25, -0.2) is 4.39 Å². The van der Waals surface area contributed by atoms with Gasteiger partial charge in [-0.05, 0) is 82.5 Å². The van der Waals surface area contributed by atoms with Crippen LogP contribution in [0.2, 0.25) is 0 Å². The number of aryl methyl sites for hydroxylation is 1. The normalized spacial score (nSPS) is 44.5. The van der Waals surface area contributed by atoms with Crippen LogP contribution in [0.3, 0.4) is 0 Å². The number of ether oxygens (including phenoxy) is 2. The molecule has 4 aliphatic carbocycles. The Morgan fingerprint density at radius 2 is 2.03 bits per heavy atom. The SMILES string of the molecule is CC1(C)O[C@@H]2C[C@H]3[C@@H]4CCC5=Cc6c(cnn6CCCCP)C[C@]5(C)[C@@]4(F)[C@@H](O)C[C@]3(C)[C@]2(C(=O)CO)O1. The van der Waals surface area contributed by atoms with Gasteiger partial charge in [0.2, 0.25) is 0 Å². The molecule has 1 aromatic rings. The van der Waals surface area contributed by atoms with Crippen LogP contribution in [0, 0.1) is 22.7 Å². The summed E-state index contributed by atoms with van der Waals surface area (Å²) in [5.41, 5.74) is -1.83.